The number of benzene rings is 1. The van der Waals surface area contributed by atoms with Gasteiger partial charge in [-0.1, -0.05) is 12.1 Å². The monoisotopic (exact) mass is 236 g/mol. The van der Waals surface area contributed by atoms with Crippen molar-refractivity contribution in [3.63, 3.8) is 0 Å². The van der Waals surface area contributed by atoms with E-state index in [1.165, 1.54) is 0 Å². The first-order valence-electron chi connectivity index (χ1n) is 5.58. The van der Waals surface area contributed by atoms with Gasteiger partial charge in [-0.05, 0) is 12.1 Å². The summed E-state index contributed by atoms with van der Waals surface area (Å²) >= 11 is 0. The van der Waals surface area contributed by atoms with Crippen LogP contribution in [0.2, 0.25) is 0 Å². The van der Waals surface area contributed by atoms with Gasteiger partial charge in [0.25, 0.3) is 5.91 Å². The Labute approximate surface area is 99.8 Å². The van der Waals surface area contributed by atoms with Crippen LogP contribution in [0.1, 0.15) is 10.4 Å². The first kappa shape index (κ1) is 11.9. The highest BCUT2D eigenvalue weighted by molar-refractivity contribution is 5.99. The molecule has 3 N–H and O–H groups in total. The number of aliphatic hydroxyl groups excluding tert-OH is 1. The highest BCUT2D eigenvalue weighted by Gasteiger charge is 2.28. The minimum atomic E-state index is -0.282. The molecule has 1 unspecified atom stereocenters. The summed E-state index contributed by atoms with van der Waals surface area (Å²) in [5, 5.41) is 9.22. The summed E-state index contributed by atoms with van der Waals surface area (Å²) < 4.78 is 5.23. The molecule has 0 radical (unpaired) electrons. The second-order valence-corrected chi connectivity index (χ2v) is 4.00. The maximum Gasteiger partial charge on any atom is 0.256 e. The van der Waals surface area contributed by atoms with Gasteiger partial charge in [-0.15, -0.1) is 0 Å². The third kappa shape index (κ3) is 2.40. The zero-order chi connectivity index (χ0) is 12.3. The van der Waals surface area contributed by atoms with Gasteiger partial charge in [-0.25, -0.2) is 0 Å². The maximum atomic E-state index is 12.3. The number of amides is 1. The van der Waals surface area contributed by atoms with Crippen LogP contribution >= 0.6 is 0 Å². The molecule has 92 valence electrons. The van der Waals surface area contributed by atoms with Crippen LogP contribution in [-0.4, -0.2) is 48.3 Å². The van der Waals surface area contributed by atoms with Gasteiger partial charge < -0.3 is 20.5 Å². The smallest absolute Gasteiger partial charge is 0.256 e. The van der Waals surface area contributed by atoms with Gasteiger partial charge in [-0.3, -0.25) is 4.79 Å². The zero-order valence-corrected chi connectivity index (χ0v) is 9.50. The summed E-state index contributed by atoms with van der Waals surface area (Å²) in [6.45, 7) is 1.25. The van der Waals surface area contributed by atoms with E-state index in [1.54, 1.807) is 29.2 Å². The topological polar surface area (TPSA) is 75.8 Å². The van der Waals surface area contributed by atoms with Crippen molar-refractivity contribution in [2.24, 2.45) is 0 Å². The molecule has 1 heterocycles. The van der Waals surface area contributed by atoms with Gasteiger partial charge in [0, 0.05) is 12.2 Å². The van der Waals surface area contributed by atoms with Crippen LogP contribution in [-0.2, 0) is 4.74 Å². The summed E-state index contributed by atoms with van der Waals surface area (Å²) in [5.41, 5.74) is 6.71. The minimum absolute atomic E-state index is 0.0987. The van der Waals surface area contributed by atoms with E-state index in [0.717, 1.165) is 0 Å². The lowest BCUT2D eigenvalue weighted by Crippen LogP contribution is -2.50. The lowest BCUT2D eigenvalue weighted by molar-refractivity contribution is -0.0183. The van der Waals surface area contributed by atoms with Gasteiger partial charge in [0.05, 0.1) is 31.4 Å². The lowest BCUT2D eigenvalue weighted by atomic mass is 10.1. The number of para-hydroxylation sites is 1. The third-order valence-electron chi connectivity index (χ3n) is 2.89. The molecule has 1 aromatic rings. The quantitative estimate of drug-likeness (QED) is 0.714. The van der Waals surface area contributed by atoms with Crippen molar-refractivity contribution in [3.05, 3.63) is 29.8 Å². The SMILES string of the molecule is Nc1ccccc1C(=O)N1CCOCC1CO. The Bertz CT molecular complexity index is 408. The van der Waals surface area contributed by atoms with Crippen LogP contribution in [0.5, 0.6) is 0 Å². The molecule has 1 saturated heterocycles. The minimum Gasteiger partial charge on any atom is -0.398 e. The number of hydrogen-bond donors (Lipinski definition) is 2. The second-order valence-electron chi connectivity index (χ2n) is 4.00. The number of ether oxygens (including phenoxy) is 1. The van der Waals surface area contributed by atoms with Crippen molar-refractivity contribution in [1.82, 2.24) is 4.90 Å². The number of rotatable bonds is 2. The standard InChI is InChI=1S/C12H16N2O3/c13-11-4-2-1-3-10(11)12(16)14-5-6-17-8-9(14)7-15/h1-4,9,15H,5-8,13H2. The normalized spacial score (nSPS) is 20.3. The molecule has 0 spiro atoms. The maximum absolute atomic E-state index is 12.3. The fraction of sp³-hybridized carbons (Fsp3) is 0.417. The van der Waals surface area contributed by atoms with Gasteiger partial charge in [0.1, 0.15) is 0 Å². The van der Waals surface area contributed by atoms with Crippen molar-refractivity contribution in [3.8, 4) is 0 Å². The first-order chi connectivity index (χ1) is 8.24. The molecule has 0 saturated carbocycles. The van der Waals surface area contributed by atoms with Crippen LogP contribution in [0, 0.1) is 0 Å². The number of carbonyl (C=O) groups is 1. The van der Waals surface area contributed by atoms with E-state index >= 15 is 0 Å². The molecule has 0 bridgehead atoms. The molecule has 1 aliphatic heterocycles. The van der Waals surface area contributed by atoms with Gasteiger partial charge in [0.2, 0.25) is 0 Å². The highest BCUT2D eigenvalue weighted by atomic mass is 16.5. The molecular formula is C12H16N2O3. The number of hydrogen-bond acceptors (Lipinski definition) is 4. The molecule has 1 aromatic carbocycles. The van der Waals surface area contributed by atoms with E-state index in [1.807, 2.05) is 0 Å². The largest absolute Gasteiger partial charge is 0.398 e. The van der Waals surface area contributed by atoms with E-state index in [4.69, 9.17) is 10.5 Å². The highest BCUT2D eigenvalue weighted by Crippen LogP contribution is 2.17. The number of morpholine rings is 1. The van der Waals surface area contributed by atoms with Crippen molar-refractivity contribution in [2.45, 2.75) is 6.04 Å². The van der Waals surface area contributed by atoms with Gasteiger partial charge in [-0.2, -0.15) is 0 Å². The molecule has 1 aliphatic rings. The van der Waals surface area contributed by atoms with Crippen molar-refractivity contribution >= 4 is 11.6 Å². The summed E-state index contributed by atoms with van der Waals surface area (Å²) in [6, 6.07) is 6.67. The van der Waals surface area contributed by atoms with Gasteiger partial charge in [0.15, 0.2) is 0 Å². The van der Waals surface area contributed by atoms with Crippen LogP contribution < -0.4 is 5.73 Å². The summed E-state index contributed by atoms with van der Waals surface area (Å²) in [5.74, 6) is -0.148. The number of aliphatic hydroxyl groups is 1. The average Bonchev–Trinajstić information content (AvgIpc) is 2.38. The van der Waals surface area contributed by atoms with E-state index in [9.17, 15) is 9.90 Å². The Kier molecular flexibility index (Phi) is 3.61. The average molecular weight is 236 g/mol. The Morgan fingerprint density at radius 1 is 1.53 bits per heavy atom. The van der Waals surface area contributed by atoms with Crippen molar-refractivity contribution in [1.29, 1.82) is 0 Å². The Balaban J connectivity index is 2.21. The Morgan fingerprint density at radius 3 is 3.00 bits per heavy atom. The van der Waals surface area contributed by atoms with Crippen LogP contribution in [0.3, 0.4) is 0 Å². The summed E-state index contributed by atoms with van der Waals surface area (Å²) in [6.07, 6.45) is 0. The molecule has 0 aromatic heterocycles. The predicted molar refractivity (Wildman–Crippen MR) is 63.6 cm³/mol. The van der Waals surface area contributed by atoms with Crippen LogP contribution in [0.15, 0.2) is 24.3 Å². The molecule has 2 rings (SSSR count). The lowest BCUT2D eigenvalue weighted by Gasteiger charge is -2.34. The molecular weight excluding hydrogens is 220 g/mol. The number of anilines is 1. The van der Waals surface area contributed by atoms with Crippen LogP contribution in [0.25, 0.3) is 0 Å². The van der Waals surface area contributed by atoms with E-state index < -0.39 is 0 Å². The Hall–Kier alpha value is -1.59. The Morgan fingerprint density at radius 2 is 2.29 bits per heavy atom. The van der Waals surface area contributed by atoms with E-state index in [2.05, 4.69) is 0 Å². The molecule has 1 amide bonds. The fourth-order valence-electron chi connectivity index (χ4n) is 1.92. The first-order valence-corrected chi connectivity index (χ1v) is 5.58. The second kappa shape index (κ2) is 5.16. The fourth-order valence-corrected chi connectivity index (χ4v) is 1.92. The van der Waals surface area contributed by atoms with Crippen molar-refractivity contribution < 1.29 is 14.6 Å². The number of nitrogens with zero attached hydrogens (tertiary/aromatic N) is 1. The van der Waals surface area contributed by atoms with E-state index in [0.29, 0.717) is 31.0 Å². The number of nitrogen functional groups attached to an aromatic ring is 1. The van der Waals surface area contributed by atoms with Crippen LogP contribution in [0.4, 0.5) is 5.69 Å². The molecule has 1 atom stereocenters. The van der Waals surface area contributed by atoms with Gasteiger partial charge >= 0.3 is 0 Å². The number of carbonyl (C=O) groups excluding carboxylic acids is 1. The predicted octanol–water partition coefficient (Wildman–Crippen LogP) is 0.102. The molecule has 17 heavy (non-hydrogen) atoms. The van der Waals surface area contributed by atoms with E-state index in [-0.39, 0.29) is 18.6 Å². The third-order valence-corrected chi connectivity index (χ3v) is 2.89. The van der Waals surface area contributed by atoms with Crippen molar-refractivity contribution in [2.75, 3.05) is 32.1 Å². The molecule has 5 nitrogen and oxygen atoms in total. The molecule has 5 heteroatoms. The zero-order valence-electron chi connectivity index (χ0n) is 9.50. The molecule has 0 aliphatic carbocycles. The number of nitrogens with two attached hydrogens (primary N) is 1. The summed E-state index contributed by atoms with van der Waals surface area (Å²) in [4.78, 5) is 13.9. The summed E-state index contributed by atoms with van der Waals surface area (Å²) in [7, 11) is 0. The molecule has 1 fully saturated rings.